The second kappa shape index (κ2) is 5.68. The molecule has 1 aliphatic rings. The van der Waals surface area contributed by atoms with Gasteiger partial charge in [-0.1, -0.05) is 6.92 Å². The molecule has 2 unspecified atom stereocenters. The minimum atomic E-state index is -1.01. The van der Waals surface area contributed by atoms with Gasteiger partial charge in [-0.05, 0) is 6.92 Å². The van der Waals surface area contributed by atoms with E-state index < -0.39 is 35.8 Å². The molecule has 0 saturated carbocycles. The van der Waals surface area contributed by atoms with Crippen LogP contribution in [0.25, 0.3) is 0 Å². The zero-order valence-electron chi connectivity index (χ0n) is 11.0. The Hall–Kier alpha value is -2.12. The van der Waals surface area contributed by atoms with E-state index in [4.69, 9.17) is 5.11 Å². The zero-order valence-corrected chi connectivity index (χ0v) is 11.0. The van der Waals surface area contributed by atoms with Crippen LogP contribution in [-0.2, 0) is 14.4 Å². The minimum Gasteiger partial charge on any atom is -0.481 e. The molecule has 2 N–H and O–H groups in total. The monoisotopic (exact) mass is 271 g/mol. The van der Waals surface area contributed by atoms with E-state index in [0.717, 1.165) is 4.90 Å². The second-order valence-corrected chi connectivity index (χ2v) is 4.62. The molecule has 0 aromatic carbocycles. The fraction of sp³-hybridized carbons (Fsp3) is 0.636. The average molecular weight is 271 g/mol. The van der Waals surface area contributed by atoms with Gasteiger partial charge in [0, 0.05) is 13.6 Å². The molecule has 1 rings (SSSR count). The van der Waals surface area contributed by atoms with Crippen LogP contribution in [0.5, 0.6) is 0 Å². The van der Waals surface area contributed by atoms with Crippen molar-refractivity contribution in [2.45, 2.75) is 19.9 Å². The summed E-state index contributed by atoms with van der Waals surface area (Å²) in [5.41, 5.74) is 0. The molecule has 8 heteroatoms. The Morgan fingerprint density at radius 2 is 2.11 bits per heavy atom. The van der Waals surface area contributed by atoms with Crippen LogP contribution in [0.4, 0.5) is 4.79 Å². The number of rotatable bonds is 3. The number of imide groups is 1. The van der Waals surface area contributed by atoms with Crippen molar-refractivity contribution in [1.29, 1.82) is 0 Å². The minimum absolute atomic E-state index is 0.00714. The molecular weight excluding hydrogens is 254 g/mol. The molecule has 19 heavy (non-hydrogen) atoms. The molecule has 1 fully saturated rings. The predicted octanol–water partition coefficient (Wildman–Crippen LogP) is -0.894. The average Bonchev–Trinajstić information content (AvgIpc) is 2.32. The Morgan fingerprint density at radius 3 is 2.63 bits per heavy atom. The third-order valence-corrected chi connectivity index (χ3v) is 2.97. The number of carbonyl (C=O) groups excluding carboxylic acids is 3. The molecule has 4 amide bonds. The van der Waals surface area contributed by atoms with Gasteiger partial charge in [-0.15, -0.1) is 0 Å². The molecule has 1 heterocycles. The molecule has 0 bridgehead atoms. The number of nitrogens with one attached hydrogen (secondary N) is 1. The molecule has 0 aromatic rings. The van der Waals surface area contributed by atoms with Gasteiger partial charge in [-0.25, -0.2) is 4.79 Å². The highest BCUT2D eigenvalue weighted by molar-refractivity contribution is 6.03. The van der Waals surface area contributed by atoms with Crippen LogP contribution in [0.2, 0.25) is 0 Å². The summed E-state index contributed by atoms with van der Waals surface area (Å²) < 4.78 is 0. The normalized spacial score (nSPS) is 20.8. The number of carboxylic acid groups (broad SMARTS) is 1. The highest BCUT2D eigenvalue weighted by Crippen LogP contribution is 2.09. The van der Waals surface area contributed by atoms with Gasteiger partial charge in [0.1, 0.15) is 12.6 Å². The van der Waals surface area contributed by atoms with Gasteiger partial charge < -0.3 is 14.9 Å². The third kappa shape index (κ3) is 3.43. The van der Waals surface area contributed by atoms with Gasteiger partial charge in [0.25, 0.3) is 0 Å². The first-order chi connectivity index (χ1) is 8.73. The van der Waals surface area contributed by atoms with Crippen molar-refractivity contribution in [3.05, 3.63) is 0 Å². The Kier molecular flexibility index (Phi) is 4.47. The summed E-state index contributed by atoms with van der Waals surface area (Å²) in [6, 6.07) is -1.29. The fourth-order valence-electron chi connectivity index (χ4n) is 1.73. The summed E-state index contributed by atoms with van der Waals surface area (Å²) in [6.07, 6.45) is 0. The molecule has 106 valence electrons. The molecule has 0 aliphatic carbocycles. The third-order valence-electron chi connectivity index (χ3n) is 2.97. The summed E-state index contributed by atoms with van der Waals surface area (Å²) >= 11 is 0. The maximum atomic E-state index is 12.1. The number of hydrogen-bond acceptors (Lipinski definition) is 4. The lowest BCUT2D eigenvalue weighted by atomic mass is 10.1. The van der Waals surface area contributed by atoms with Gasteiger partial charge in [-0.3, -0.25) is 19.7 Å². The van der Waals surface area contributed by atoms with E-state index in [1.807, 2.05) is 0 Å². The highest BCUT2D eigenvalue weighted by Gasteiger charge is 2.35. The van der Waals surface area contributed by atoms with Crippen molar-refractivity contribution in [3.63, 3.8) is 0 Å². The van der Waals surface area contributed by atoms with Gasteiger partial charge in [-0.2, -0.15) is 0 Å². The van der Waals surface area contributed by atoms with Crippen molar-refractivity contribution in [3.8, 4) is 0 Å². The maximum absolute atomic E-state index is 12.1. The number of carbonyl (C=O) groups is 4. The zero-order chi connectivity index (χ0) is 14.7. The van der Waals surface area contributed by atoms with E-state index in [2.05, 4.69) is 5.32 Å². The second-order valence-electron chi connectivity index (χ2n) is 4.62. The molecule has 1 saturated heterocycles. The standard InChI is InChI=1S/C11H17N3O5/c1-6(10(17)18)4-13(3)11(19)14-5-8(15)12-9(16)7(14)2/h6-7H,4-5H2,1-3H3,(H,17,18)(H,12,15,16). The van der Waals surface area contributed by atoms with E-state index in [1.165, 1.54) is 25.8 Å². The van der Waals surface area contributed by atoms with Crippen LogP contribution in [0.1, 0.15) is 13.8 Å². The summed E-state index contributed by atoms with van der Waals surface area (Å²) in [7, 11) is 1.44. The van der Waals surface area contributed by atoms with Crippen molar-refractivity contribution < 1.29 is 24.3 Å². The first-order valence-electron chi connectivity index (χ1n) is 5.82. The SMILES string of the molecule is CC(CN(C)C(=O)N1CC(=O)NC(=O)C1C)C(=O)O. The van der Waals surface area contributed by atoms with Crippen molar-refractivity contribution >= 4 is 23.8 Å². The highest BCUT2D eigenvalue weighted by atomic mass is 16.4. The number of urea groups is 1. The van der Waals surface area contributed by atoms with Crippen LogP contribution in [-0.4, -0.2) is 64.9 Å². The number of amides is 4. The quantitative estimate of drug-likeness (QED) is 0.647. The molecule has 0 aromatic heterocycles. The first kappa shape index (κ1) is 14.9. The molecule has 1 aliphatic heterocycles. The topological polar surface area (TPSA) is 107 Å². The predicted molar refractivity (Wildman–Crippen MR) is 64.1 cm³/mol. The Morgan fingerprint density at radius 1 is 1.53 bits per heavy atom. The molecule has 8 nitrogen and oxygen atoms in total. The number of carboxylic acids is 1. The van der Waals surface area contributed by atoms with Gasteiger partial charge >= 0.3 is 12.0 Å². The summed E-state index contributed by atoms with van der Waals surface area (Å²) in [5.74, 6) is -2.82. The smallest absolute Gasteiger partial charge is 0.320 e. The van der Waals surface area contributed by atoms with E-state index in [-0.39, 0.29) is 13.1 Å². The van der Waals surface area contributed by atoms with E-state index in [0.29, 0.717) is 0 Å². The maximum Gasteiger partial charge on any atom is 0.320 e. The Labute approximate surface area is 110 Å². The Bertz CT molecular complexity index is 423. The summed E-state index contributed by atoms with van der Waals surface area (Å²) in [6.45, 7) is 2.78. The molecule has 0 radical (unpaired) electrons. The number of hydrogen-bond donors (Lipinski definition) is 2. The number of piperazine rings is 1. The van der Waals surface area contributed by atoms with Crippen LogP contribution >= 0.6 is 0 Å². The summed E-state index contributed by atoms with van der Waals surface area (Å²) in [4.78, 5) is 47.8. The lowest BCUT2D eigenvalue weighted by Crippen LogP contribution is -2.61. The van der Waals surface area contributed by atoms with Crippen molar-refractivity contribution in [2.75, 3.05) is 20.1 Å². The van der Waals surface area contributed by atoms with E-state index in [1.54, 1.807) is 0 Å². The summed E-state index contributed by atoms with van der Waals surface area (Å²) in [5, 5.41) is 10.9. The molecule has 0 spiro atoms. The van der Waals surface area contributed by atoms with Gasteiger partial charge in [0.15, 0.2) is 0 Å². The fourth-order valence-corrected chi connectivity index (χ4v) is 1.73. The van der Waals surface area contributed by atoms with Crippen molar-refractivity contribution in [2.24, 2.45) is 5.92 Å². The van der Waals surface area contributed by atoms with Crippen LogP contribution < -0.4 is 5.32 Å². The number of nitrogens with zero attached hydrogens (tertiary/aromatic N) is 2. The van der Waals surface area contributed by atoms with Crippen LogP contribution in [0.3, 0.4) is 0 Å². The van der Waals surface area contributed by atoms with Gasteiger partial charge in [0.05, 0.1) is 5.92 Å². The lowest BCUT2D eigenvalue weighted by Gasteiger charge is -2.35. The molecule has 2 atom stereocenters. The van der Waals surface area contributed by atoms with Gasteiger partial charge in [0.2, 0.25) is 11.8 Å². The van der Waals surface area contributed by atoms with Crippen molar-refractivity contribution in [1.82, 2.24) is 15.1 Å². The first-order valence-corrected chi connectivity index (χ1v) is 5.82. The largest absolute Gasteiger partial charge is 0.481 e. The lowest BCUT2D eigenvalue weighted by molar-refractivity contribution is -0.142. The molecular formula is C11H17N3O5. The Balaban J connectivity index is 2.72. The van der Waals surface area contributed by atoms with E-state index in [9.17, 15) is 19.2 Å². The van der Waals surface area contributed by atoms with E-state index >= 15 is 0 Å². The number of aliphatic carboxylic acids is 1. The van der Waals surface area contributed by atoms with Crippen LogP contribution in [0, 0.1) is 5.92 Å². The van der Waals surface area contributed by atoms with Crippen LogP contribution in [0.15, 0.2) is 0 Å².